The average molecular weight is 194 g/mol. The van der Waals surface area contributed by atoms with Crippen LogP contribution in [0.3, 0.4) is 0 Å². The molecule has 1 heterocycles. The Labute approximate surface area is 75.3 Å². The Kier molecular flexibility index (Phi) is 3.60. The summed E-state index contributed by atoms with van der Waals surface area (Å²) in [5.41, 5.74) is 0. The first-order chi connectivity index (χ1) is 6.11. The molecular formula is C7H14O6. The fourth-order valence-corrected chi connectivity index (χ4v) is 1.35. The predicted molar refractivity (Wildman–Crippen MR) is 40.8 cm³/mol. The fourth-order valence-electron chi connectivity index (χ4n) is 1.35. The number of aliphatic hydroxyl groups excluding tert-OH is 4. The zero-order chi connectivity index (χ0) is 10.0. The Morgan fingerprint density at radius 3 is 2.31 bits per heavy atom. The van der Waals surface area contributed by atoms with Gasteiger partial charge >= 0.3 is 0 Å². The van der Waals surface area contributed by atoms with Crippen molar-refractivity contribution in [3.8, 4) is 0 Å². The van der Waals surface area contributed by atoms with Crippen LogP contribution in [0.1, 0.15) is 0 Å². The Balaban J connectivity index is 2.69. The second-order valence-corrected chi connectivity index (χ2v) is 2.93. The van der Waals surface area contributed by atoms with Gasteiger partial charge in [0, 0.05) is 7.11 Å². The zero-order valence-electron chi connectivity index (χ0n) is 7.20. The highest BCUT2D eigenvalue weighted by Crippen LogP contribution is 2.21. The van der Waals surface area contributed by atoms with Crippen molar-refractivity contribution in [3.05, 3.63) is 0 Å². The molecule has 1 saturated heterocycles. The van der Waals surface area contributed by atoms with Crippen LogP contribution < -0.4 is 0 Å². The standard InChI is InChI=1S/C7H14O6/c1-12-6-4(9)3(2-8)13-7(11)5(6)10/h3-11H,2H2,1H3/t3-,4-,5-,6-,7+/m1/s1. The molecule has 0 bridgehead atoms. The van der Waals surface area contributed by atoms with E-state index in [1.54, 1.807) is 0 Å². The van der Waals surface area contributed by atoms with Gasteiger partial charge in [-0.15, -0.1) is 0 Å². The minimum absolute atomic E-state index is 0.440. The molecule has 1 rings (SSSR count). The summed E-state index contributed by atoms with van der Waals surface area (Å²) in [5.74, 6) is 0. The Hall–Kier alpha value is -0.240. The Morgan fingerprint density at radius 1 is 1.23 bits per heavy atom. The molecule has 0 amide bonds. The van der Waals surface area contributed by atoms with Gasteiger partial charge in [0.25, 0.3) is 0 Å². The van der Waals surface area contributed by atoms with Gasteiger partial charge in [-0.25, -0.2) is 0 Å². The molecule has 0 aromatic heterocycles. The van der Waals surface area contributed by atoms with Gasteiger partial charge in [-0.1, -0.05) is 0 Å². The summed E-state index contributed by atoms with van der Waals surface area (Å²) in [5, 5.41) is 36.6. The lowest BCUT2D eigenvalue weighted by atomic mass is 9.99. The van der Waals surface area contributed by atoms with Gasteiger partial charge in [-0.2, -0.15) is 0 Å². The highest BCUT2D eigenvalue weighted by atomic mass is 16.6. The highest BCUT2D eigenvalue weighted by Gasteiger charge is 2.43. The van der Waals surface area contributed by atoms with Crippen molar-refractivity contribution in [1.82, 2.24) is 0 Å². The van der Waals surface area contributed by atoms with Gasteiger partial charge < -0.3 is 29.9 Å². The molecule has 0 aromatic rings. The molecule has 4 N–H and O–H groups in total. The van der Waals surface area contributed by atoms with Gasteiger partial charge in [0.05, 0.1) is 6.61 Å². The van der Waals surface area contributed by atoms with Gasteiger partial charge in [-0.05, 0) is 0 Å². The second kappa shape index (κ2) is 4.32. The molecule has 1 fully saturated rings. The van der Waals surface area contributed by atoms with E-state index in [0.717, 1.165) is 0 Å². The molecule has 1 aliphatic rings. The summed E-state index contributed by atoms with van der Waals surface area (Å²) in [4.78, 5) is 0. The first-order valence-electron chi connectivity index (χ1n) is 3.95. The van der Waals surface area contributed by atoms with Gasteiger partial charge in [0.2, 0.25) is 0 Å². The summed E-state index contributed by atoms with van der Waals surface area (Å²) in [6.45, 7) is -0.440. The van der Waals surface area contributed by atoms with Crippen molar-refractivity contribution in [2.45, 2.75) is 30.7 Å². The molecule has 5 atom stereocenters. The molecule has 0 aliphatic carbocycles. The van der Waals surface area contributed by atoms with E-state index in [-0.39, 0.29) is 0 Å². The summed E-state index contributed by atoms with van der Waals surface area (Å²) in [6, 6.07) is 0. The topological polar surface area (TPSA) is 99.4 Å². The maximum Gasteiger partial charge on any atom is 0.184 e. The van der Waals surface area contributed by atoms with Gasteiger partial charge in [-0.3, -0.25) is 0 Å². The van der Waals surface area contributed by atoms with Crippen LogP contribution in [-0.2, 0) is 9.47 Å². The largest absolute Gasteiger partial charge is 0.394 e. The van der Waals surface area contributed by atoms with Gasteiger partial charge in [0.1, 0.15) is 24.4 Å². The maximum atomic E-state index is 9.44. The summed E-state index contributed by atoms with van der Waals surface area (Å²) >= 11 is 0. The average Bonchev–Trinajstić information content (AvgIpc) is 2.12. The van der Waals surface area contributed by atoms with Crippen molar-refractivity contribution < 1.29 is 29.9 Å². The second-order valence-electron chi connectivity index (χ2n) is 2.93. The maximum absolute atomic E-state index is 9.44. The number of ether oxygens (including phenoxy) is 2. The quantitative estimate of drug-likeness (QED) is 0.386. The van der Waals surface area contributed by atoms with E-state index in [1.807, 2.05) is 0 Å². The summed E-state index contributed by atoms with van der Waals surface area (Å²) in [7, 11) is 1.30. The van der Waals surface area contributed by atoms with Crippen molar-refractivity contribution in [2.24, 2.45) is 0 Å². The van der Waals surface area contributed by atoms with E-state index >= 15 is 0 Å². The third-order valence-corrected chi connectivity index (χ3v) is 2.11. The molecule has 0 spiro atoms. The van der Waals surface area contributed by atoms with Crippen LogP contribution in [0.15, 0.2) is 0 Å². The molecule has 0 unspecified atom stereocenters. The van der Waals surface area contributed by atoms with Crippen LogP contribution in [0.2, 0.25) is 0 Å². The number of rotatable bonds is 2. The number of hydrogen-bond acceptors (Lipinski definition) is 6. The van der Waals surface area contributed by atoms with Crippen molar-refractivity contribution in [3.63, 3.8) is 0 Å². The first-order valence-corrected chi connectivity index (χ1v) is 3.95. The number of aliphatic hydroxyl groups is 4. The zero-order valence-corrected chi connectivity index (χ0v) is 7.20. The number of hydrogen-bond donors (Lipinski definition) is 4. The summed E-state index contributed by atoms with van der Waals surface area (Å²) < 4.78 is 9.48. The van der Waals surface area contributed by atoms with E-state index in [9.17, 15) is 10.2 Å². The molecule has 0 aromatic carbocycles. The monoisotopic (exact) mass is 194 g/mol. The molecule has 78 valence electrons. The smallest absolute Gasteiger partial charge is 0.184 e. The van der Waals surface area contributed by atoms with Crippen LogP contribution >= 0.6 is 0 Å². The lowest BCUT2D eigenvalue weighted by molar-refractivity contribution is -0.290. The molecular weight excluding hydrogens is 180 g/mol. The lowest BCUT2D eigenvalue weighted by Crippen LogP contribution is -2.59. The Bertz CT molecular complexity index is 163. The van der Waals surface area contributed by atoms with Crippen LogP contribution in [0.5, 0.6) is 0 Å². The summed E-state index contributed by atoms with van der Waals surface area (Å²) in [6.07, 6.45) is -5.76. The van der Waals surface area contributed by atoms with E-state index < -0.39 is 37.3 Å². The van der Waals surface area contributed by atoms with Crippen LogP contribution in [0, 0.1) is 0 Å². The third kappa shape index (κ3) is 1.98. The first kappa shape index (κ1) is 10.8. The van der Waals surface area contributed by atoms with Gasteiger partial charge in [0.15, 0.2) is 6.29 Å². The van der Waals surface area contributed by atoms with E-state index in [4.69, 9.17) is 19.7 Å². The molecule has 1 aliphatic heterocycles. The van der Waals surface area contributed by atoms with E-state index in [1.165, 1.54) is 7.11 Å². The van der Waals surface area contributed by atoms with Crippen LogP contribution in [0.25, 0.3) is 0 Å². The lowest BCUT2D eigenvalue weighted by Gasteiger charge is -2.39. The molecule has 0 saturated carbocycles. The van der Waals surface area contributed by atoms with Crippen LogP contribution in [0.4, 0.5) is 0 Å². The fraction of sp³-hybridized carbons (Fsp3) is 1.00. The van der Waals surface area contributed by atoms with E-state index in [0.29, 0.717) is 0 Å². The molecule has 6 nitrogen and oxygen atoms in total. The predicted octanol–water partition coefficient (Wildman–Crippen LogP) is -2.57. The Morgan fingerprint density at radius 2 is 1.85 bits per heavy atom. The molecule has 13 heavy (non-hydrogen) atoms. The SMILES string of the molecule is CO[C@H]1[C@@H](O)[C@@H](O)O[C@H](CO)[C@H]1O. The van der Waals surface area contributed by atoms with Crippen molar-refractivity contribution in [2.75, 3.05) is 13.7 Å². The number of methoxy groups -OCH3 is 1. The normalized spacial score (nSPS) is 46.4. The third-order valence-electron chi connectivity index (χ3n) is 2.11. The minimum Gasteiger partial charge on any atom is -0.394 e. The van der Waals surface area contributed by atoms with Crippen molar-refractivity contribution in [1.29, 1.82) is 0 Å². The molecule has 0 radical (unpaired) electrons. The van der Waals surface area contributed by atoms with Crippen molar-refractivity contribution >= 4 is 0 Å². The van der Waals surface area contributed by atoms with Crippen LogP contribution in [-0.4, -0.2) is 64.8 Å². The highest BCUT2D eigenvalue weighted by molar-refractivity contribution is 4.89. The van der Waals surface area contributed by atoms with E-state index in [2.05, 4.69) is 0 Å². The molecule has 6 heteroatoms. The minimum atomic E-state index is -1.44.